The molecule has 3 N–H and O–H groups in total. The number of aromatic hydroxyl groups is 1. The van der Waals surface area contributed by atoms with Crippen LogP contribution in [-0.2, 0) is 9.59 Å². The van der Waals surface area contributed by atoms with Crippen LogP contribution in [0.15, 0.2) is 41.3 Å². The van der Waals surface area contributed by atoms with E-state index in [9.17, 15) is 19.5 Å². The molecule has 1 aliphatic heterocycles. The molecule has 2 aromatic rings. The number of anilines is 1. The standard InChI is InChI=1S/C22H20N2O7S2/c1-30-16-6-3-12(9-17(16)31-2)10-18-20(27)24(22(32)33-18)8-7-19(26)23-13-4-5-14(21(28)29)15(25)11-13/h3-6,9-11,25H,7-8H2,1-2H3,(H,23,26)(H,28,29)/b18-10+. The number of nitrogens with one attached hydrogen (secondary N) is 1. The Morgan fingerprint density at radius 3 is 2.52 bits per heavy atom. The Kier molecular flexibility index (Phi) is 7.56. The zero-order chi connectivity index (χ0) is 24.1. The second-order valence-electron chi connectivity index (χ2n) is 6.78. The van der Waals surface area contributed by atoms with Crippen molar-refractivity contribution in [1.82, 2.24) is 4.90 Å². The first-order valence-corrected chi connectivity index (χ1v) is 10.8. The lowest BCUT2D eigenvalue weighted by atomic mass is 10.1. The zero-order valence-corrected chi connectivity index (χ0v) is 19.3. The van der Waals surface area contributed by atoms with E-state index in [1.54, 1.807) is 24.3 Å². The molecular formula is C22H20N2O7S2. The summed E-state index contributed by atoms with van der Waals surface area (Å²) >= 11 is 6.44. The number of benzene rings is 2. The highest BCUT2D eigenvalue weighted by Gasteiger charge is 2.32. The Balaban J connectivity index is 1.63. The van der Waals surface area contributed by atoms with Gasteiger partial charge in [0.15, 0.2) is 11.5 Å². The van der Waals surface area contributed by atoms with Crippen LogP contribution in [0, 0.1) is 0 Å². The zero-order valence-electron chi connectivity index (χ0n) is 17.7. The van der Waals surface area contributed by atoms with Crippen LogP contribution in [-0.4, -0.2) is 58.0 Å². The first-order chi connectivity index (χ1) is 15.7. The van der Waals surface area contributed by atoms with E-state index in [0.717, 1.165) is 23.4 Å². The van der Waals surface area contributed by atoms with E-state index < -0.39 is 17.6 Å². The van der Waals surface area contributed by atoms with Crippen molar-refractivity contribution in [2.75, 3.05) is 26.1 Å². The second-order valence-corrected chi connectivity index (χ2v) is 8.46. The van der Waals surface area contributed by atoms with Crippen molar-refractivity contribution in [3.63, 3.8) is 0 Å². The molecule has 0 aromatic heterocycles. The number of amides is 2. The molecule has 2 amide bonds. The number of methoxy groups -OCH3 is 2. The van der Waals surface area contributed by atoms with Crippen molar-refractivity contribution < 1.29 is 34.1 Å². The summed E-state index contributed by atoms with van der Waals surface area (Å²) in [6.07, 6.45) is 1.64. The van der Waals surface area contributed by atoms with Crippen molar-refractivity contribution in [3.8, 4) is 17.2 Å². The molecule has 1 fully saturated rings. The molecule has 0 radical (unpaired) electrons. The third-order valence-electron chi connectivity index (χ3n) is 4.65. The molecule has 1 saturated heterocycles. The van der Waals surface area contributed by atoms with Crippen LogP contribution in [0.2, 0.25) is 0 Å². The van der Waals surface area contributed by atoms with Crippen LogP contribution in [0.5, 0.6) is 17.2 Å². The number of carbonyl (C=O) groups is 3. The van der Waals surface area contributed by atoms with Gasteiger partial charge in [0.25, 0.3) is 5.91 Å². The summed E-state index contributed by atoms with van der Waals surface area (Å²) in [5, 5.41) is 21.2. The summed E-state index contributed by atoms with van der Waals surface area (Å²) in [4.78, 5) is 37.8. The number of carboxylic acid groups (broad SMARTS) is 1. The summed E-state index contributed by atoms with van der Waals surface area (Å²) in [5.74, 6) is -1.37. The Hall–Kier alpha value is -3.57. The topological polar surface area (TPSA) is 125 Å². The first kappa shape index (κ1) is 24.1. The Labute approximate surface area is 199 Å². The molecule has 33 heavy (non-hydrogen) atoms. The van der Waals surface area contributed by atoms with Crippen LogP contribution in [0.3, 0.4) is 0 Å². The van der Waals surface area contributed by atoms with Gasteiger partial charge in [-0.1, -0.05) is 30.0 Å². The van der Waals surface area contributed by atoms with E-state index in [0.29, 0.717) is 20.7 Å². The van der Waals surface area contributed by atoms with Crippen LogP contribution in [0.4, 0.5) is 5.69 Å². The summed E-state index contributed by atoms with van der Waals surface area (Å²) in [5.41, 5.74) is 0.698. The minimum atomic E-state index is -1.28. The predicted octanol–water partition coefficient (Wildman–Crippen LogP) is 3.34. The molecule has 0 spiro atoms. The number of carboxylic acids is 1. The van der Waals surface area contributed by atoms with E-state index in [2.05, 4.69) is 5.32 Å². The van der Waals surface area contributed by atoms with Gasteiger partial charge in [-0.25, -0.2) is 4.79 Å². The van der Waals surface area contributed by atoms with Gasteiger partial charge in [-0.2, -0.15) is 0 Å². The van der Waals surface area contributed by atoms with Crippen molar-refractivity contribution >= 4 is 57.8 Å². The van der Waals surface area contributed by atoms with Gasteiger partial charge in [0.05, 0.1) is 19.1 Å². The molecule has 1 heterocycles. The highest BCUT2D eigenvalue weighted by atomic mass is 32.2. The molecule has 3 rings (SSSR count). The van der Waals surface area contributed by atoms with Gasteiger partial charge in [0, 0.05) is 24.7 Å². The average Bonchev–Trinajstić information content (AvgIpc) is 3.04. The van der Waals surface area contributed by atoms with Gasteiger partial charge < -0.3 is 25.0 Å². The monoisotopic (exact) mass is 488 g/mol. The fraction of sp³-hybridized carbons (Fsp3) is 0.182. The number of aromatic carboxylic acids is 1. The van der Waals surface area contributed by atoms with Gasteiger partial charge in [-0.3, -0.25) is 14.5 Å². The first-order valence-electron chi connectivity index (χ1n) is 9.57. The van der Waals surface area contributed by atoms with Crippen LogP contribution >= 0.6 is 24.0 Å². The van der Waals surface area contributed by atoms with Crippen molar-refractivity contribution in [1.29, 1.82) is 0 Å². The lowest BCUT2D eigenvalue weighted by Gasteiger charge is -2.14. The van der Waals surface area contributed by atoms with Gasteiger partial charge in [-0.05, 0) is 35.9 Å². The molecule has 9 nitrogen and oxygen atoms in total. The number of rotatable bonds is 8. The van der Waals surface area contributed by atoms with Crippen molar-refractivity contribution in [3.05, 3.63) is 52.4 Å². The summed E-state index contributed by atoms with van der Waals surface area (Å²) in [7, 11) is 3.06. The van der Waals surface area contributed by atoms with Gasteiger partial charge in [0.1, 0.15) is 15.6 Å². The smallest absolute Gasteiger partial charge is 0.339 e. The minimum Gasteiger partial charge on any atom is -0.507 e. The number of thioether (sulfide) groups is 1. The van der Waals surface area contributed by atoms with E-state index >= 15 is 0 Å². The van der Waals surface area contributed by atoms with E-state index in [-0.39, 0.29) is 30.1 Å². The maximum Gasteiger partial charge on any atom is 0.339 e. The second kappa shape index (κ2) is 10.4. The van der Waals surface area contributed by atoms with Crippen LogP contribution < -0.4 is 14.8 Å². The molecule has 0 atom stereocenters. The summed E-state index contributed by atoms with van der Waals surface area (Å²) in [6.45, 7) is 0.0684. The number of carbonyl (C=O) groups excluding carboxylic acids is 2. The third kappa shape index (κ3) is 5.62. The molecule has 0 bridgehead atoms. The van der Waals surface area contributed by atoms with E-state index in [1.807, 2.05) is 0 Å². The SMILES string of the molecule is COc1ccc(/C=C2/SC(=S)N(CCC(=O)Nc3ccc(C(=O)O)c(O)c3)C2=O)cc1OC. The molecule has 1 aliphatic rings. The molecule has 172 valence electrons. The maximum absolute atomic E-state index is 12.8. The molecule has 2 aromatic carbocycles. The summed E-state index contributed by atoms with van der Waals surface area (Å²) in [6, 6.07) is 8.96. The molecule has 11 heteroatoms. The van der Waals surface area contributed by atoms with E-state index in [4.69, 9.17) is 26.8 Å². The molecule has 0 saturated carbocycles. The van der Waals surface area contributed by atoms with E-state index in [1.165, 1.54) is 31.3 Å². The number of nitrogens with zero attached hydrogens (tertiary/aromatic N) is 1. The minimum absolute atomic E-state index is 0.0441. The predicted molar refractivity (Wildman–Crippen MR) is 128 cm³/mol. The van der Waals surface area contributed by atoms with Crippen LogP contribution in [0.25, 0.3) is 6.08 Å². The fourth-order valence-electron chi connectivity index (χ4n) is 3.01. The Morgan fingerprint density at radius 2 is 1.88 bits per heavy atom. The Morgan fingerprint density at radius 1 is 1.15 bits per heavy atom. The number of hydrogen-bond acceptors (Lipinski definition) is 8. The number of phenols is 1. The Bertz CT molecular complexity index is 1160. The quantitative estimate of drug-likeness (QED) is 0.379. The van der Waals surface area contributed by atoms with Crippen molar-refractivity contribution in [2.24, 2.45) is 0 Å². The van der Waals surface area contributed by atoms with Gasteiger partial charge in [0.2, 0.25) is 5.91 Å². The summed E-state index contributed by atoms with van der Waals surface area (Å²) < 4.78 is 10.8. The van der Waals surface area contributed by atoms with Gasteiger partial charge >= 0.3 is 5.97 Å². The maximum atomic E-state index is 12.8. The molecule has 0 aliphatic carbocycles. The average molecular weight is 489 g/mol. The molecule has 0 unspecified atom stereocenters. The molecular weight excluding hydrogens is 468 g/mol. The lowest BCUT2D eigenvalue weighted by Crippen LogP contribution is -2.31. The van der Waals surface area contributed by atoms with Gasteiger partial charge in [-0.15, -0.1) is 0 Å². The fourth-order valence-corrected chi connectivity index (χ4v) is 4.32. The highest BCUT2D eigenvalue weighted by molar-refractivity contribution is 8.26. The lowest BCUT2D eigenvalue weighted by molar-refractivity contribution is -0.122. The number of hydrogen-bond donors (Lipinski definition) is 3. The number of thiocarbonyl (C=S) groups is 1. The van der Waals surface area contributed by atoms with Crippen LogP contribution in [0.1, 0.15) is 22.3 Å². The largest absolute Gasteiger partial charge is 0.507 e. The van der Waals surface area contributed by atoms with Crippen molar-refractivity contribution in [2.45, 2.75) is 6.42 Å². The normalized spacial score (nSPS) is 14.5. The number of ether oxygens (including phenoxy) is 2. The third-order valence-corrected chi connectivity index (χ3v) is 6.03. The highest BCUT2D eigenvalue weighted by Crippen LogP contribution is 2.34.